The third-order valence-electron chi connectivity index (χ3n) is 3.03. The summed E-state index contributed by atoms with van der Waals surface area (Å²) >= 11 is 2.93. The fourth-order valence-corrected chi connectivity index (χ4v) is 2.28. The largest absolute Gasteiger partial charge is 0.409 e. The van der Waals surface area contributed by atoms with Crippen molar-refractivity contribution < 1.29 is 31.1 Å². The van der Waals surface area contributed by atoms with Gasteiger partial charge in [0.15, 0.2) is 0 Å². The molecule has 9 heteroatoms. The number of hydrogen-bond acceptors (Lipinski definition) is 1. The van der Waals surface area contributed by atoms with Crippen LogP contribution in [0.4, 0.5) is 26.3 Å². The summed E-state index contributed by atoms with van der Waals surface area (Å²) in [5.41, 5.74) is 0. The average Bonchev–Trinajstić information content (AvgIpc) is 2.09. The number of alkyl halides is 7. The maximum absolute atomic E-state index is 12.5. The van der Waals surface area contributed by atoms with Gasteiger partial charge in [-0.05, 0) is 19.3 Å². The molecule has 0 unspecified atom stereocenters. The van der Waals surface area contributed by atoms with E-state index in [4.69, 9.17) is 0 Å². The molecule has 0 spiro atoms. The smallest absolute Gasteiger partial charge is 0.338 e. The molecule has 1 amide bonds. The van der Waals surface area contributed by atoms with Gasteiger partial charge in [-0.2, -0.15) is 26.3 Å². The van der Waals surface area contributed by atoms with Crippen LogP contribution in [0.15, 0.2) is 0 Å². The Labute approximate surface area is 114 Å². The summed E-state index contributed by atoms with van der Waals surface area (Å²) in [4.78, 5) is 12.3. The van der Waals surface area contributed by atoms with E-state index in [-0.39, 0.29) is 11.9 Å². The van der Waals surface area contributed by atoms with Crippen molar-refractivity contribution in [3.63, 3.8) is 0 Å². The molecule has 19 heavy (non-hydrogen) atoms. The second-order valence-electron chi connectivity index (χ2n) is 4.32. The number of amides is 1. The third-order valence-corrected chi connectivity index (χ3v) is 3.38. The molecular formula is C10H12BrF6NO. The van der Waals surface area contributed by atoms with Gasteiger partial charge in [-0.15, -0.1) is 0 Å². The Morgan fingerprint density at radius 1 is 1.16 bits per heavy atom. The number of halogens is 7. The average molecular weight is 356 g/mol. The van der Waals surface area contributed by atoms with E-state index in [9.17, 15) is 31.1 Å². The molecule has 0 bridgehead atoms. The normalized spacial score (nSPS) is 17.5. The van der Waals surface area contributed by atoms with Crippen molar-refractivity contribution in [1.29, 1.82) is 0 Å². The summed E-state index contributed by atoms with van der Waals surface area (Å²) in [7, 11) is 0. The Morgan fingerprint density at radius 3 is 1.89 bits per heavy atom. The summed E-state index contributed by atoms with van der Waals surface area (Å²) in [6.45, 7) is -0.161. The zero-order valence-electron chi connectivity index (χ0n) is 9.69. The highest BCUT2D eigenvalue weighted by atomic mass is 79.9. The van der Waals surface area contributed by atoms with E-state index < -0.39 is 30.2 Å². The summed E-state index contributed by atoms with van der Waals surface area (Å²) in [6.07, 6.45) is -9.64. The Bertz CT molecular complexity index is 311. The van der Waals surface area contributed by atoms with Crippen molar-refractivity contribution in [2.75, 3.05) is 11.9 Å². The predicted molar refractivity (Wildman–Crippen MR) is 58.7 cm³/mol. The van der Waals surface area contributed by atoms with Crippen LogP contribution in [0.5, 0.6) is 0 Å². The van der Waals surface area contributed by atoms with Crippen molar-refractivity contribution in [3.8, 4) is 0 Å². The van der Waals surface area contributed by atoms with Crippen LogP contribution in [-0.2, 0) is 4.79 Å². The van der Waals surface area contributed by atoms with Crippen LogP contribution in [0.3, 0.4) is 0 Å². The zero-order chi connectivity index (χ0) is 14.8. The van der Waals surface area contributed by atoms with Gasteiger partial charge in [0, 0.05) is 17.9 Å². The standard InChI is InChI=1S/C10H12BrF6NO/c11-4-5-18(6-2-1-3-6)8(19)7(9(12,13)14)10(15,16)17/h6-7H,1-5H2. The number of hydrogen-bond donors (Lipinski definition) is 0. The molecule has 2 nitrogen and oxygen atoms in total. The van der Waals surface area contributed by atoms with Crippen LogP contribution < -0.4 is 0 Å². The molecule has 0 atom stereocenters. The zero-order valence-corrected chi connectivity index (χ0v) is 11.3. The van der Waals surface area contributed by atoms with E-state index in [0.29, 0.717) is 24.2 Å². The SMILES string of the molecule is O=C(C(C(F)(F)F)C(F)(F)F)N(CCBr)C1CCC1. The van der Waals surface area contributed by atoms with Crippen LogP contribution in [0.2, 0.25) is 0 Å². The van der Waals surface area contributed by atoms with E-state index in [0.717, 1.165) is 0 Å². The minimum Gasteiger partial charge on any atom is -0.338 e. The molecule has 0 saturated heterocycles. The first kappa shape index (κ1) is 16.6. The fourth-order valence-electron chi connectivity index (χ4n) is 1.89. The summed E-state index contributed by atoms with van der Waals surface area (Å²) in [5, 5.41) is 0.137. The van der Waals surface area contributed by atoms with Crippen molar-refractivity contribution in [2.45, 2.75) is 37.7 Å². The quantitative estimate of drug-likeness (QED) is 0.558. The number of rotatable bonds is 4. The molecule has 0 N–H and O–H groups in total. The minimum atomic E-state index is -5.62. The van der Waals surface area contributed by atoms with E-state index in [1.807, 2.05) is 0 Å². The van der Waals surface area contributed by atoms with Crippen LogP contribution in [0, 0.1) is 5.92 Å². The highest BCUT2D eigenvalue weighted by molar-refractivity contribution is 9.09. The van der Waals surface area contributed by atoms with Crippen LogP contribution in [0.25, 0.3) is 0 Å². The molecule has 0 heterocycles. The van der Waals surface area contributed by atoms with Crippen LogP contribution in [0.1, 0.15) is 19.3 Å². The molecular weight excluding hydrogens is 344 g/mol. The number of nitrogens with zero attached hydrogens (tertiary/aromatic N) is 1. The van der Waals surface area contributed by atoms with Crippen molar-refractivity contribution in [2.24, 2.45) is 5.92 Å². The Kier molecular flexibility index (Phi) is 5.14. The highest BCUT2D eigenvalue weighted by Gasteiger charge is 2.62. The molecule has 0 aliphatic heterocycles. The first-order chi connectivity index (χ1) is 8.59. The van der Waals surface area contributed by atoms with E-state index >= 15 is 0 Å². The first-order valence-corrected chi connectivity index (χ1v) is 6.71. The van der Waals surface area contributed by atoms with Gasteiger partial charge in [0.05, 0.1) is 0 Å². The summed E-state index contributed by atoms with van der Waals surface area (Å²) < 4.78 is 74.8. The van der Waals surface area contributed by atoms with Crippen LogP contribution >= 0.6 is 15.9 Å². The summed E-state index contributed by atoms with van der Waals surface area (Å²) in [6, 6.07) is -0.516. The van der Waals surface area contributed by atoms with E-state index in [2.05, 4.69) is 15.9 Å². The van der Waals surface area contributed by atoms with Crippen molar-refractivity contribution >= 4 is 21.8 Å². The topological polar surface area (TPSA) is 20.3 Å². The first-order valence-electron chi connectivity index (χ1n) is 5.59. The predicted octanol–water partition coefficient (Wildman–Crippen LogP) is 3.50. The molecule has 1 fully saturated rings. The molecule has 1 aliphatic carbocycles. The van der Waals surface area contributed by atoms with Gasteiger partial charge >= 0.3 is 12.4 Å². The summed E-state index contributed by atoms with van der Waals surface area (Å²) in [5.74, 6) is -5.83. The lowest BCUT2D eigenvalue weighted by Gasteiger charge is -2.39. The van der Waals surface area contributed by atoms with Crippen molar-refractivity contribution in [1.82, 2.24) is 4.90 Å². The van der Waals surface area contributed by atoms with Gasteiger partial charge < -0.3 is 4.90 Å². The number of carbonyl (C=O) groups is 1. The highest BCUT2D eigenvalue weighted by Crippen LogP contribution is 2.41. The molecule has 0 aromatic carbocycles. The Balaban J connectivity index is 2.96. The van der Waals surface area contributed by atoms with Gasteiger partial charge in [0.1, 0.15) is 0 Å². The molecule has 1 aliphatic rings. The third kappa shape index (κ3) is 4.00. The monoisotopic (exact) mass is 355 g/mol. The Hall–Kier alpha value is -0.470. The number of carbonyl (C=O) groups excluding carboxylic acids is 1. The molecule has 0 radical (unpaired) electrons. The van der Waals surface area contributed by atoms with E-state index in [1.54, 1.807) is 0 Å². The molecule has 0 aromatic heterocycles. The molecule has 112 valence electrons. The van der Waals surface area contributed by atoms with Crippen molar-refractivity contribution in [3.05, 3.63) is 0 Å². The second kappa shape index (κ2) is 5.88. The Morgan fingerprint density at radius 2 is 1.63 bits per heavy atom. The molecule has 0 aromatic rings. The lowest BCUT2D eigenvalue weighted by molar-refractivity contribution is -0.278. The fraction of sp³-hybridized carbons (Fsp3) is 0.900. The minimum absolute atomic E-state index is 0.137. The van der Waals surface area contributed by atoms with Gasteiger partial charge in [-0.1, -0.05) is 15.9 Å². The maximum Gasteiger partial charge on any atom is 0.409 e. The van der Waals surface area contributed by atoms with Gasteiger partial charge in [0.2, 0.25) is 11.8 Å². The van der Waals surface area contributed by atoms with Gasteiger partial charge in [-0.3, -0.25) is 4.79 Å². The van der Waals surface area contributed by atoms with E-state index in [1.165, 1.54) is 0 Å². The molecule has 1 saturated carbocycles. The van der Waals surface area contributed by atoms with Gasteiger partial charge in [0.25, 0.3) is 0 Å². The maximum atomic E-state index is 12.5. The van der Waals surface area contributed by atoms with Gasteiger partial charge in [-0.25, -0.2) is 0 Å². The van der Waals surface area contributed by atoms with Crippen LogP contribution in [-0.4, -0.2) is 41.1 Å². The lowest BCUT2D eigenvalue weighted by atomic mass is 9.90. The second-order valence-corrected chi connectivity index (χ2v) is 5.11. The molecule has 1 rings (SSSR count). The lowest BCUT2D eigenvalue weighted by Crippen LogP contribution is -2.54.